The van der Waals surface area contributed by atoms with Crippen LogP contribution in [-0.4, -0.2) is 23.3 Å². The van der Waals surface area contributed by atoms with Gasteiger partial charge in [0.1, 0.15) is 5.69 Å². The molecule has 4 aromatic rings. The van der Waals surface area contributed by atoms with Crippen LogP contribution in [0.5, 0.6) is 0 Å². The highest BCUT2D eigenvalue weighted by atomic mass is 15.3. The summed E-state index contributed by atoms with van der Waals surface area (Å²) in [5.74, 6) is 1.77. The minimum absolute atomic E-state index is 0.745. The maximum Gasteiger partial charge on any atom is 0.159 e. The van der Waals surface area contributed by atoms with E-state index in [9.17, 15) is 0 Å². The van der Waals surface area contributed by atoms with Gasteiger partial charge >= 0.3 is 0 Å². The summed E-state index contributed by atoms with van der Waals surface area (Å²) in [6.07, 6.45) is 3.57. The van der Waals surface area contributed by atoms with Gasteiger partial charge in [0, 0.05) is 29.4 Å². The summed E-state index contributed by atoms with van der Waals surface area (Å²) in [7, 11) is 0. The average Bonchev–Trinajstić information content (AvgIpc) is 2.80. The molecule has 30 heavy (non-hydrogen) atoms. The Morgan fingerprint density at radius 1 is 0.767 bits per heavy atom. The number of rotatable bonds is 4. The monoisotopic (exact) mass is 393 g/mol. The van der Waals surface area contributed by atoms with Gasteiger partial charge in [0.2, 0.25) is 0 Å². The Morgan fingerprint density at radius 2 is 1.43 bits per heavy atom. The van der Waals surface area contributed by atoms with E-state index in [1.807, 2.05) is 0 Å². The quantitative estimate of drug-likeness (QED) is 0.422. The van der Waals surface area contributed by atoms with Gasteiger partial charge in [0.25, 0.3) is 0 Å². The van der Waals surface area contributed by atoms with E-state index in [4.69, 9.17) is 5.10 Å². The Labute approximate surface area is 178 Å². The highest BCUT2D eigenvalue weighted by Crippen LogP contribution is 2.33. The van der Waals surface area contributed by atoms with Crippen LogP contribution in [0.15, 0.2) is 78.9 Å². The van der Waals surface area contributed by atoms with Gasteiger partial charge in [-0.1, -0.05) is 84.4 Å². The van der Waals surface area contributed by atoms with Crippen LogP contribution in [0.2, 0.25) is 0 Å². The van der Waals surface area contributed by atoms with Crippen LogP contribution in [0.4, 0.5) is 5.82 Å². The third-order valence-electron chi connectivity index (χ3n) is 6.27. The molecular formula is C27H27N3. The van der Waals surface area contributed by atoms with E-state index in [-0.39, 0.29) is 0 Å². The van der Waals surface area contributed by atoms with E-state index in [2.05, 4.69) is 95.8 Å². The maximum atomic E-state index is 4.71. The lowest BCUT2D eigenvalue weighted by Gasteiger charge is -2.33. The molecule has 0 bridgehead atoms. The molecule has 2 heterocycles. The molecule has 0 saturated carbocycles. The fourth-order valence-electron chi connectivity index (χ4n) is 4.54. The molecule has 3 heteroatoms. The Balaban J connectivity index is 1.39. The molecule has 1 aromatic heterocycles. The second kappa shape index (κ2) is 8.27. The summed E-state index contributed by atoms with van der Waals surface area (Å²) in [4.78, 5) is 2.43. The van der Waals surface area contributed by atoms with Crippen molar-refractivity contribution in [2.75, 3.05) is 18.0 Å². The average molecular weight is 394 g/mol. The van der Waals surface area contributed by atoms with Crippen molar-refractivity contribution in [1.82, 2.24) is 10.2 Å². The lowest BCUT2D eigenvalue weighted by molar-refractivity contribution is 0.402. The minimum atomic E-state index is 0.745. The van der Waals surface area contributed by atoms with Crippen molar-refractivity contribution < 1.29 is 0 Å². The number of hydrogen-bond acceptors (Lipinski definition) is 3. The SMILES string of the molecule is Cc1ccc(-c2nnc(N3CCC(Cc4ccccc4)CC3)c3ccccc23)cc1. The normalized spacial score (nSPS) is 14.9. The highest BCUT2D eigenvalue weighted by molar-refractivity contribution is 6.00. The van der Waals surface area contributed by atoms with Gasteiger partial charge in [-0.25, -0.2) is 0 Å². The Kier molecular flexibility index (Phi) is 5.18. The molecule has 0 aliphatic carbocycles. The van der Waals surface area contributed by atoms with E-state index in [1.54, 1.807) is 0 Å². The third-order valence-corrected chi connectivity index (χ3v) is 6.27. The van der Waals surface area contributed by atoms with Crippen molar-refractivity contribution >= 4 is 16.6 Å². The fraction of sp³-hybridized carbons (Fsp3) is 0.259. The summed E-state index contributed by atoms with van der Waals surface area (Å²) < 4.78 is 0. The second-order valence-electron chi connectivity index (χ2n) is 8.40. The van der Waals surface area contributed by atoms with Crippen molar-refractivity contribution in [3.63, 3.8) is 0 Å². The molecule has 150 valence electrons. The maximum absolute atomic E-state index is 4.71. The molecule has 5 rings (SSSR count). The summed E-state index contributed by atoms with van der Waals surface area (Å²) >= 11 is 0. The number of nitrogens with zero attached hydrogens (tertiary/aromatic N) is 3. The number of piperidine rings is 1. The first-order chi connectivity index (χ1) is 14.8. The van der Waals surface area contributed by atoms with Gasteiger partial charge in [-0.2, -0.15) is 0 Å². The first-order valence-corrected chi connectivity index (χ1v) is 10.9. The van der Waals surface area contributed by atoms with Gasteiger partial charge in [0.15, 0.2) is 5.82 Å². The number of aromatic nitrogens is 2. The summed E-state index contributed by atoms with van der Waals surface area (Å²) in [5, 5.41) is 11.8. The van der Waals surface area contributed by atoms with Gasteiger partial charge in [-0.15, -0.1) is 10.2 Å². The molecule has 1 fully saturated rings. The molecule has 0 amide bonds. The number of benzene rings is 3. The lowest BCUT2D eigenvalue weighted by atomic mass is 9.90. The molecule has 0 N–H and O–H groups in total. The van der Waals surface area contributed by atoms with Crippen molar-refractivity contribution in [2.24, 2.45) is 5.92 Å². The van der Waals surface area contributed by atoms with Gasteiger partial charge in [-0.3, -0.25) is 0 Å². The van der Waals surface area contributed by atoms with Crippen molar-refractivity contribution in [3.05, 3.63) is 90.0 Å². The Morgan fingerprint density at radius 3 is 2.17 bits per heavy atom. The second-order valence-corrected chi connectivity index (χ2v) is 8.40. The van der Waals surface area contributed by atoms with E-state index in [0.717, 1.165) is 36.1 Å². The summed E-state index contributed by atoms with van der Waals surface area (Å²) in [5.41, 5.74) is 4.79. The van der Waals surface area contributed by atoms with Gasteiger partial charge in [-0.05, 0) is 37.7 Å². The fourth-order valence-corrected chi connectivity index (χ4v) is 4.54. The molecule has 1 saturated heterocycles. The van der Waals surface area contributed by atoms with Crippen LogP contribution in [0, 0.1) is 12.8 Å². The summed E-state index contributed by atoms with van der Waals surface area (Å²) in [6.45, 7) is 4.19. The van der Waals surface area contributed by atoms with Crippen LogP contribution >= 0.6 is 0 Å². The Hall–Kier alpha value is -3.20. The molecule has 0 radical (unpaired) electrons. The zero-order chi connectivity index (χ0) is 20.3. The molecule has 3 aromatic carbocycles. The van der Waals surface area contributed by atoms with Crippen molar-refractivity contribution in [2.45, 2.75) is 26.2 Å². The van der Waals surface area contributed by atoms with E-state index < -0.39 is 0 Å². The van der Waals surface area contributed by atoms with Gasteiger partial charge < -0.3 is 4.90 Å². The molecular weight excluding hydrogens is 366 g/mol. The van der Waals surface area contributed by atoms with Crippen LogP contribution in [0.3, 0.4) is 0 Å². The molecule has 3 nitrogen and oxygen atoms in total. The molecule has 0 spiro atoms. The molecule has 0 atom stereocenters. The zero-order valence-electron chi connectivity index (χ0n) is 17.5. The number of hydrogen-bond donors (Lipinski definition) is 0. The van der Waals surface area contributed by atoms with E-state index in [0.29, 0.717) is 0 Å². The predicted octanol–water partition coefficient (Wildman–Crippen LogP) is 6.06. The van der Waals surface area contributed by atoms with Crippen molar-refractivity contribution in [1.29, 1.82) is 0 Å². The molecule has 1 aliphatic heterocycles. The van der Waals surface area contributed by atoms with Crippen LogP contribution in [-0.2, 0) is 6.42 Å². The third kappa shape index (κ3) is 3.80. The number of fused-ring (bicyclic) bond motifs is 1. The largest absolute Gasteiger partial charge is 0.355 e. The van der Waals surface area contributed by atoms with Crippen LogP contribution < -0.4 is 4.90 Å². The Bertz CT molecular complexity index is 1130. The lowest BCUT2D eigenvalue weighted by Crippen LogP contribution is -2.35. The standard InChI is InChI=1S/C27H27N3/c1-20-11-13-23(14-12-20)26-24-9-5-6-10-25(24)27(29-28-26)30-17-15-22(16-18-30)19-21-7-3-2-4-8-21/h2-14,22H,15-19H2,1H3. The first kappa shape index (κ1) is 18.8. The smallest absolute Gasteiger partial charge is 0.159 e. The first-order valence-electron chi connectivity index (χ1n) is 10.9. The number of aryl methyl sites for hydroxylation is 1. The number of anilines is 1. The van der Waals surface area contributed by atoms with Gasteiger partial charge in [0.05, 0.1) is 0 Å². The minimum Gasteiger partial charge on any atom is -0.355 e. The topological polar surface area (TPSA) is 29.0 Å². The van der Waals surface area contributed by atoms with E-state index in [1.165, 1.54) is 41.2 Å². The zero-order valence-corrected chi connectivity index (χ0v) is 17.5. The molecule has 0 unspecified atom stereocenters. The predicted molar refractivity (Wildman–Crippen MR) is 125 cm³/mol. The molecule has 1 aliphatic rings. The van der Waals surface area contributed by atoms with E-state index >= 15 is 0 Å². The van der Waals surface area contributed by atoms with Crippen LogP contribution in [0.25, 0.3) is 22.0 Å². The summed E-state index contributed by atoms with van der Waals surface area (Å²) in [6, 6.07) is 28.0. The van der Waals surface area contributed by atoms with Crippen LogP contribution in [0.1, 0.15) is 24.0 Å². The van der Waals surface area contributed by atoms with Crippen molar-refractivity contribution in [3.8, 4) is 11.3 Å². The highest BCUT2D eigenvalue weighted by Gasteiger charge is 2.23.